The Kier molecular flexibility index (Phi) is 6.93. The second kappa shape index (κ2) is 8.21. The first-order chi connectivity index (χ1) is 9.08. The number of rotatable bonds is 8. The minimum atomic E-state index is 0.628. The van der Waals surface area contributed by atoms with Gasteiger partial charge in [0.15, 0.2) is 0 Å². The lowest BCUT2D eigenvalue weighted by molar-refractivity contribution is 0.334. The number of ether oxygens (including phenoxy) is 1. The first-order valence-corrected chi connectivity index (χ1v) is 7.48. The molecule has 19 heavy (non-hydrogen) atoms. The van der Waals surface area contributed by atoms with Gasteiger partial charge >= 0.3 is 0 Å². The molecule has 0 heterocycles. The van der Waals surface area contributed by atoms with Crippen LogP contribution < -0.4 is 4.74 Å². The maximum absolute atomic E-state index is 5.75. The predicted octanol–water partition coefficient (Wildman–Crippen LogP) is 4.09. The highest BCUT2D eigenvalue weighted by molar-refractivity contribution is 5.38. The van der Waals surface area contributed by atoms with Gasteiger partial charge < -0.3 is 9.64 Å². The van der Waals surface area contributed by atoms with Crippen molar-refractivity contribution >= 4 is 0 Å². The van der Waals surface area contributed by atoms with Crippen LogP contribution in [0.25, 0.3) is 0 Å². The third-order valence-electron chi connectivity index (χ3n) is 3.62. The first kappa shape index (κ1) is 16.0. The molecule has 0 aliphatic heterocycles. The molecule has 2 heteroatoms. The van der Waals surface area contributed by atoms with Crippen molar-refractivity contribution in [2.45, 2.75) is 46.0 Å². The Bertz CT molecular complexity index is 374. The second-order valence-corrected chi connectivity index (χ2v) is 5.52. The number of hydrogen-bond donors (Lipinski definition) is 0. The molecule has 0 bridgehead atoms. The maximum Gasteiger partial charge on any atom is 0.122 e. The van der Waals surface area contributed by atoms with Crippen LogP contribution in [0.1, 0.15) is 50.7 Å². The topological polar surface area (TPSA) is 12.5 Å². The van der Waals surface area contributed by atoms with E-state index in [1.165, 1.54) is 24.0 Å². The number of nitrogens with zero attached hydrogens (tertiary/aromatic N) is 1. The highest BCUT2D eigenvalue weighted by Gasteiger charge is 2.09. The zero-order valence-corrected chi connectivity index (χ0v) is 13.2. The molecule has 2 nitrogen and oxygen atoms in total. The van der Waals surface area contributed by atoms with Crippen molar-refractivity contribution in [2.24, 2.45) is 0 Å². The van der Waals surface area contributed by atoms with Gasteiger partial charge in [-0.15, -0.1) is 0 Å². The van der Waals surface area contributed by atoms with Gasteiger partial charge in [-0.25, -0.2) is 0 Å². The van der Waals surface area contributed by atoms with Crippen LogP contribution in [0.4, 0.5) is 0 Å². The molecule has 1 aromatic rings. The summed E-state index contributed by atoms with van der Waals surface area (Å²) in [5.41, 5.74) is 2.80. The zero-order valence-electron chi connectivity index (χ0n) is 13.2. The third kappa shape index (κ3) is 5.23. The molecule has 1 unspecified atom stereocenters. The number of aryl methyl sites for hydroxylation is 1. The summed E-state index contributed by atoms with van der Waals surface area (Å²) >= 11 is 0. The maximum atomic E-state index is 5.75. The van der Waals surface area contributed by atoms with E-state index in [0.29, 0.717) is 5.92 Å². The average molecular weight is 263 g/mol. The lowest BCUT2D eigenvalue weighted by atomic mass is 9.95. The monoisotopic (exact) mass is 263 g/mol. The first-order valence-electron chi connectivity index (χ1n) is 7.48. The molecule has 1 aromatic carbocycles. The van der Waals surface area contributed by atoms with Crippen LogP contribution in [0.5, 0.6) is 5.75 Å². The fourth-order valence-electron chi connectivity index (χ4n) is 2.22. The quantitative estimate of drug-likeness (QED) is 0.700. The van der Waals surface area contributed by atoms with E-state index in [-0.39, 0.29) is 0 Å². The fourth-order valence-corrected chi connectivity index (χ4v) is 2.22. The van der Waals surface area contributed by atoms with Crippen molar-refractivity contribution in [1.29, 1.82) is 0 Å². The molecule has 0 saturated heterocycles. The standard InChI is InChI=1S/C17H29NO/c1-6-14(3)15-10-11-17(19-7-2)16(13-15)9-8-12-18(4)5/h10-11,13-14H,6-9,12H2,1-5H3. The summed E-state index contributed by atoms with van der Waals surface area (Å²) in [4.78, 5) is 2.23. The molecule has 1 rings (SSSR count). The minimum Gasteiger partial charge on any atom is -0.494 e. The summed E-state index contributed by atoms with van der Waals surface area (Å²) in [5, 5.41) is 0. The van der Waals surface area contributed by atoms with Crippen LogP contribution in [0, 0.1) is 0 Å². The van der Waals surface area contributed by atoms with Gasteiger partial charge in [0.05, 0.1) is 6.61 Å². The Hall–Kier alpha value is -1.02. The summed E-state index contributed by atoms with van der Waals surface area (Å²) in [6.45, 7) is 8.45. The van der Waals surface area contributed by atoms with Crippen LogP contribution in [0.2, 0.25) is 0 Å². The van der Waals surface area contributed by atoms with Crippen molar-refractivity contribution in [2.75, 3.05) is 27.2 Å². The average Bonchev–Trinajstić information content (AvgIpc) is 2.39. The molecule has 0 aliphatic carbocycles. The summed E-state index contributed by atoms with van der Waals surface area (Å²) in [7, 11) is 4.25. The van der Waals surface area contributed by atoms with E-state index >= 15 is 0 Å². The van der Waals surface area contributed by atoms with Crippen LogP contribution in [-0.2, 0) is 6.42 Å². The van der Waals surface area contributed by atoms with E-state index in [0.717, 1.165) is 25.3 Å². The predicted molar refractivity (Wildman–Crippen MR) is 83.2 cm³/mol. The molecule has 108 valence electrons. The number of hydrogen-bond acceptors (Lipinski definition) is 2. The summed E-state index contributed by atoms with van der Waals surface area (Å²) in [6, 6.07) is 6.71. The van der Waals surface area contributed by atoms with Crippen LogP contribution in [0.15, 0.2) is 18.2 Å². The normalized spacial score (nSPS) is 12.7. The molecule has 0 saturated carbocycles. The Labute approximate surface area is 118 Å². The lowest BCUT2D eigenvalue weighted by Crippen LogP contribution is -2.13. The molecular weight excluding hydrogens is 234 g/mol. The Morgan fingerprint density at radius 3 is 2.53 bits per heavy atom. The molecule has 0 N–H and O–H groups in total. The SMILES string of the molecule is CCOc1ccc(C(C)CC)cc1CCCN(C)C. The number of benzene rings is 1. The van der Waals surface area contributed by atoms with Crippen LogP contribution in [0.3, 0.4) is 0 Å². The summed E-state index contributed by atoms with van der Waals surface area (Å²) in [6.07, 6.45) is 3.46. The summed E-state index contributed by atoms with van der Waals surface area (Å²) < 4.78 is 5.75. The van der Waals surface area contributed by atoms with E-state index in [1.807, 2.05) is 6.92 Å². The summed E-state index contributed by atoms with van der Waals surface area (Å²) in [5.74, 6) is 1.69. The Morgan fingerprint density at radius 2 is 1.95 bits per heavy atom. The van der Waals surface area contributed by atoms with Gasteiger partial charge in [0.1, 0.15) is 5.75 Å². The third-order valence-corrected chi connectivity index (χ3v) is 3.62. The van der Waals surface area contributed by atoms with Gasteiger partial charge in [-0.3, -0.25) is 0 Å². The Balaban J connectivity index is 2.82. The molecular formula is C17H29NO. The van der Waals surface area contributed by atoms with Gasteiger partial charge in [-0.2, -0.15) is 0 Å². The van der Waals surface area contributed by atoms with Crippen molar-refractivity contribution < 1.29 is 4.74 Å². The largest absolute Gasteiger partial charge is 0.494 e. The van der Waals surface area contributed by atoms with E-state index in [2.05, 4.69) is 51.0 Å². The van der Waals surface area contributed by atoms with E-state index < -0.39 is 0 Å². The van der Waals surface area contributed by atoms with E-state index in [1.54, 1.807) is 0 Å². The molecule has 0 spiro atoms. The molecule has 1 atom stereocenters. The highest BCUT2D eigenvalue weighted by atomic mass is 16.5. The fraction of sp³-hybridized carbons (Fsp3) is 0.647. The van der Waals surface area contributed by atoms with Crippen molar-refractivity contribution in [1.82, 2.24) is 4.90 Å². The molecule has 0 fully saturated rings. The van der Waals surface area contributed by atoms with Crippen molar-refractivity contribution in [3.05, 3.63) is 29.3 Å². The lowest BCUT2D eigenvalue weighted by Gasteiger charge is -2.16. The van der Waals surface area contributed by atoms with Gasteiger partial charge in [-0.05, 0) is 69.9 Å². The van der Waals surface area contributed by atoms with Crippen LogP contribution >= 0.6 is 0 Å². The van der Waals surface area contributed by atoms with Gasteiger partial charge in [0, 0.05) is 0 Å². The molecule has 0 radical (unpaired) electrons. The minimum absolute atomic E-state index is 0.628. The van der Waals surface area contributed by atoms with Crippen molar-refractivity contribution in [3.8, 4) is 5.75 Å². The zero-order chi connectivity index (χ0) is 14.3. The smallest absolute Gasteiger partial charge is 0.122 e. The molecule has 0 aromatic heterocycles. The van der Waals surface area contributed by atoms with Crippen molar-refractivity contribution in [3.63, 3.8) is 0 Å². The van der Waals surface area contributed by atoms with E-state index in [4.69, 9.17) is 4.74 Å². The van der Waals surface area contributed by atoms with Gasteiger partial charge in [-0.1, -0.05) is 26.0 Å². The van der Waals surface area contributed by atoms with E-state index in [9.17, 15) is 0 Å². The van der Waals surface area contributed by atoms with Gasteiger partial charge in [0.2, 0.25) is 0 Å². The highest BCUT2D eigenvalue weighted by Crippen LogP contribution is 2.27. The Morgan fingerprint density at radius 1 is 1.21 bits per heavy atom. The van der Waals surface area contributed by atoms with Crippen LogP contribution in [-0.4, -0.2) is 32.1 Å². The molecule has 0 aliphatic rings. The second-order valence-electron chi connectivity index (χ2n) is 5.52. The molecule has 0 amide bonds. The van der Waals surface area contributed by atoms with Gasteiger partial charge in [0.25, 0.3) is 0 Å².